The summed E-state index contributed by atoms with van der Waals surface area (Å²) >= 11 is 9.91. The van der Waals surface area contributed by atoms with Crippen LogP contribution in [0, 0.1) is 0 Å². The monoisotopic (exact) mass is 341 g/mol. The zero-order chi connectivity index (χ0) is 8.43. The molecule has 4 heteroatoms. The zero-order valence-corrected chi connectivity index (χ0v) is 10.2. The van der Waals surface area contributed by atoms with Gasteiger partial charge >= 0.3 is 0 Å². The zero-order valence-electron chi connectivity index (χ0n) is 5.40. The van der Waals surface area contributed by atoms with Crippen molar-refractivity contribution in [2.45, 2.75) is 6.61 Å². The molecule has 0 saturated heterocycles. The van der Waals surface area contributed by atoms with E-state index in [1.807, 2.05) is 12.1 Å². The average Bonchev–Trinajstić information content (AvgIpc) is 1.85. The van der Waals surface area contributed by atoms with Crippen LogP contribution in [0.4, 0.5) is 0 Å². The van der Waals surface area contributed by atoms with Crippen LogP contribution in [0.2, 0.25) is 0 Å². The minimum Gasteiger partial charge on any atom is -0.231 e. The molecule has 0 saturated carbocycles. The van der Waals surface area contributed by atoms with Crippen LogP contribution in [0.1, 0.15) is 5.56 Å². The second-order valence-corrected chi connectivity index (χ2v) is 4.62. The van der Waals surface area contributed by atoms with Gasteiger partial charge in [-0.15, -0.1) is 0 Å². The highest BCUT2D eigenvalue weighted by molar-refractivity contribution is 9.11. The number of hydrogen-bond donors (Lipinski definition) is 0. The van der Waals surface area contributed by atoms with E-state index in [1.54, 1.807) is 0 Å². The molecule has 0 unspecified atom stereocenters. The van der Waals surface area contributed by atoms with Gasteiger partial charge in [-0.05, 0) is 12.1 Å². The summed E-state index contributed by atoms with van der Waals surface area (Å²) in [6.45, 7) is -0.214. The van der Waals surface area contributed by atoms with E-state index in [9.17, 15) is 5.11 Å². The Bertz CT molecular complexity index is 249. The van der Waals surface area contributed by atoms with Gasteiger partial charge in [0, 0.05) is 19.0 Å². The molecule has 0 bridgehead atoms. The van der Waals surface area contributed by atoms with E-state index in [2.05, 4.69) is 47.8 Å². The first-order valence-electron chi connectivity index (χ1n) is 2.86. The molecule has 0 aliphatic heterocycles. The molecule has 0 aromatic heterocycles. The molecule has 1 rings (SSSR count). The highest BCUT2D eigenvalue weighted by Gasteiger charge is 2.05. The number of hydrogen-bond acceptors (Lipinski definition) is 0. The Hall–Kier alpha value is 0.620. The van der Waals surface area contributed by atoms with Gasteiger partial charge in [0.2, 0.25) is 0 Å². The predicted molar refractivity (Wildman–Crippen MR) is 53.9 cm³/mol. The third-order valence-corrected chi connectivity index (χ3v) is 3.12. The van der Waals surface area contributed by atoms with E-state index in [0.29, 0.717) is 0 Å². The van der Waals surface area contributed by atoms with Crippen molar-refractivity contribution in [3.63, 3.8) is 0 Å². The Kier molecular flexibility index (Phi) is 3.55. The van der Waals surface area contributed by atoms with Gasteiger partial charge in [0.25, 0.3) is 0 Å². The summed E-state index contributed by atoms with van der Waals surface area (Å²) in [6.07, 6.45) is 0. The lowest BCUT2D eigenvalue weighted by molar-refractivity contribution is 0.176. The molecule has 0 N–H and O–H groups in total. The van der Waals surface area contributed by atoms with Crippen molar-refractivity contribution in [1.82, 2.24) is 0 Å². The van der Waals surface area contributed by atoms with Crippen LogP contribution in [-0.4, -0.2) is 0 Å². The van der Waals surface area contributed by atoms with Crippen molar-refractivity contribution in [3.05, 3.63) is 31.1 Å². The first-order valence-corrected chi connectivity index (χ1v) is 5.24. The summed E-state index contributed by atoms with van der Waals surface area (Å²) in [7, 11) is 0. The molecule has 1 aromatic rings. The molecule has 0 fully saturated rings. The fourth-order valence-electron chi connectivity index (χ4n) is 0.710. The molecule has 0 aliphatic rings. The molecule has 0 aliphatic carbocycles. The van der Waals surface area contributed by atoms with Gasteiger partial charge in [0.15, 0.2) is 0 Å². The Labute approximate surface area is 90.2 Å². The first kappa shape index (κ1) is 9.71. The Balaban J connectivity index is 3.25. The minimum absolute atomic E-state index is 0.214. The maximum absolute atomic E-state index is 10.6. The molecular weight excluding hydrogens is 340 g/mol. The van der Waals surface area contributed by atoms with E-state index in [4.69, 9.17) is 0 Å². The third kappa shape index (κ3) is 2.28. The summed E-state index contributed by atoms with van der Waals surface area (Å²) in [5.74, 6) is 0. The van der Waals surface area contributed by atoms with E-state index < -0.39 is 0 Å². The third-order valence-electron chi connectivity index (χ3n) is 1.25. The maximum atomic E-state index is 10.6. The van der Waals surface area contributed by atoms with Gasteiger partial charge in [0.05, 0.1) is 0 Å². The topological polar surface area (TPSA) is 19.9 Å². The summed E-state index contributed by atoms with van der Waals surface area (Å²) in [4.78, 5) is 0. The van der Waals surface area contributed by atoms with Crippen molar-refractivity contribution < 1.29 is 5.11 Å². The van der Waals surface area contributed by atoms with Crippen molar-refractivity contribution in [2.75, 3.05) is 0 Å². The lowest BCUT2D eigenvalue weighted by Gasteiger charge is -2.02. The SMILES string of the molecule is [O]Cc1c(Br)cc(Br)cc1Br. The Morgan fingerprint density at radius 2 is 1.55 bits per heavy atom. The average molecular weight is 344 g/mol. The fourth-order valence-corrected chi connectivity index (χ4v) is 3.20. The molecule has 1 nitrogen and oxygen atoms in total. The van der Waals surface area contributed by atoms with Crippen molar-refractivity contribution in [1.29, 1.82) is 0 Å². The minimum atomic E-state index is -0.214. The lowest BCUT2D eigenvalue weighted by Crippen LogP contribution is -1.85. The molecular formula is C7H4Br3O. The van der Waals surface area contributed by atoms with Crippen LogP contribution in [-0.2, 0) is 11.7 Å². The van der Waals surface area contributed by atoms with Crippen LogP contribution in [0.5, 0.6) is 0 Å². The molecule has 11 heavy (non-hydrogen) atoms. The van der Waals surface area contributed by atoms with Gasteiger partial charge in [-0.3, -0.25) is 0 Å². The number of halogens is 3. The normalized spacial score (nSPS) is 10.2. The molecule has 0 atom stereocenters. The molecule has 0 spiro atoms. The standard InChI is InChI=1S/C7H4Br3O/c8-4-1-6(9)5(3-11)7(10)2-4/h1-2H,3H2. The Morgan fingerprint density at radius 3 is 1.91 bits per heavy atom. The molecule has 1 radical (unpaired) electrons. The predicted octanol–water partition coefficient (Wildman–Crippen LogP) is 3.90. The van der Waals surface area contributed by atoms with E-state index in [1.165, 1.54) is 0 Å². The van der Waals surface area contributed by atoms with Crippen LogP contribution < -0.4 is 0 Å². The summed E-state index contributed by atoms with van der Waals surface area (Å²) in [5.41, 5.74) is 0.758. The highest BCUT2D eigenvalue weighted by atomic mass is 79.9. The number of rotatable bonds is 1. The maximum Gasteiger partial charge on any atom is 0.109 e. The summed E-state index contributed by atoms with van der Waals surface area (Å²) in [6, 6.07) is 3.72. The second-order valence-electron chi connectivity index (χ2n) is 1.99. The van der Waals surface area contributed by atoms with Gasteiger partial charge in [-0.2, -0.15) is 0 Å². The summed E-state index contributed by atoms with van der Waals surface area (Å²) in [5, 5.41) is 10.6. The van der Waals surface area contributed by atoms with Crippen LogP contribution >= 0.6 is 47.8 Å². The van der Waals surface area contributed by atoms with Gasteiger partial charge in [-0.1, -0.05) is 47.8 Å². The number of benzene rings is 1. The van der Waals surface area contributed by atoms with Gasteiger partial charge in [-0.25, -0.2) is 5.11 Å². The van der Waals surface area contributed by atoms with Gasteiger partial charge < -0.3 is 0 Å². The van der Waals surface area contributed by atoms with Gasteiger partial charge in [0.1, 0.15) is 6.61 Å². The van der Waals surface area contributed by atoms with Crippen molar-refractivity contribution >= 4 is 47.8 Å². The van der Waals surface area contributed by atoms with Crippen LogP contribution in [0.15, 0.2) is 25.6 Å². The largest absolute Gasteiger partial charge is 0.231 e. The molecule has 1 aromatic carbocycles. The quantitative estimate of drug-likeness (QED) is 0.737. The molecule has 0 heterocycles. The molecule has 59 valence electrons. The lowest BCUT2D eigenvalue weighted by atomic mass is 10.2. The summed E-state index contributed by atoms with van der Waals surface area (Å²) < 4.78 is 2.64. The highest BCUT2D eigenvalue weighted by Crippen LogP contribution is 2.29. The van der Waals surface area contributed by atoms with E-state index in [0.717, 1.165) is 19.0 Å². The first-order chi connectivity index (χ1) is 5.15. The fraction of sp³-hybridized carbons (Fsp3) is 0.143. The smallest absolute Gasteiger partial charge is 0.109 e. The van der Waals surface area contributed by atoms with Crippen molar-refractivity contribution in [2.24, 2.45) is 0 Å². The Morgan fingerprint density at radius 1 is 1.09 bits per heavy atom. The van der Waals surface area contributed by atoms with Crippen LogP contribution in [0.25, 0.3) is 0 Å². The van der Waals surface area contributed by atoms with Crippen molar-refractivity contribution in [3.8, 4) is 0 Å². The second kappa shape index (κ2) is 4.03. The van der Waals surface area contributed by atoms with E-state index >= 15 is 0 Å². The molecule has 0 amide bonds. The van der Waals surface area contributed by atoms with E-state index in [-0.39, 0.29) is 6.61 Å². The van der Waals surface area contributed by atoms with Crippen LogP contribution in [0.3, 0.4) is 0 Å².